The molecule has 0 N–H and O–H groups in total. The molecule has 3 heteroatoms. The first-order valence-electron chi connectivity index (χ1n) is 4.89. The van der Waals surface area contributed by atoms with Crippen LogP contribution in [0.25, 0.3) is 0 Å². The van der Waals surface area contributed by atoms with Crippen LogP contribution in [0.15, 0.2) is 0 Å². The zero-order valence-corrected chi connectivity index (χ0v) is 11.7. The summed E-state index contributed by atoms with van der Waals surface area (Å²) < 4.78 is 6.24. The Morgan fingerprint density at radius 3 is 2.54 bits per heavy atom. The number of carbonyl (C=O) groups excluding carboxylic acids is 1. The van der Waals surface area contributed by atoms with Crippen LogP contribution in [0.3, 0.4) is 0 Å². The first kappa shape index (κ1) is 13.3. The van der Waals surface area contributed by atoms with Crippen molar-refractivity contribution in [2.24, 2.45) is 5.92 Å². The van der Waals surface area contributed by atoms with Gasteiger partial charge >= 0.3 is 89.0 Å². The van der Waals surface area contributed by atoms with Crippen molar-refractivity contribution in [3.8, 4) is 0 Å². The molecular weight excluding hydrogens is 274 g/mol. The summed E-state index contributed by atoms with van der Waals surface area (Å²) in [6, 6.07) is 0. The number of hydrogen-bond donors (Lipinski definition) is 0. The number of carbonyl (C=O) groups is 1. The monoisotopic (exact) mass is 294 g/mol. The predicted octanol–water partition coefficient (Wildman–Crippen LogP) is 2.72. The fraction of sp³-hybridized carbons (Fsp3) is 0.900. The van der Waals surface area contributed by atoms with Crippen LogP contribution in [-0.4, -0.2) is 32.8 Å². The molecule has 0 aliphatic carbocycles. The van der Waals surface area contributed by atoms with Crippen molar-refractivity contribution in [1.82, 2.24) is 0 Å². The second kappa shape index (κ2) is 7.67. The van der Waals surface area contributed by atoms with Gasteiger partial charge in [-0.2, -0.15) is 0 Å². The fourth-order valence-electron chi connectivity index (χ4n) is 1.08. The fourth-order valence-corrected chi connectivity index (χ4v) is 4.63. The van der Waals surface area contributed by atoms with E-state index in [0.717, 1.165) is 17.2 Å². The van der Waals surface area contributed by atoms with Gasteiger partial charge in [-0.25, -0.2) is 0 Å². The van der Waals surface area contributed by atoms with Gasteiger partial charge < -0.3 is 0 Å². The normalized spacial score (nSPS) is 13.0. The number of hydrogen-bond acceptors (Lipinski definition) is 2. The van der Waals surface area contributed by atoms with Crippen LogP contribution in [0.4, 0.5) is 0 Å². The molecule has 0 saturated carbocycles. The van der Waals surface area contributed by atoms with Crippen LogP contribution >= 0.6 is 0 Å². The van der Waals surface area contributed by atoms with E-state index in [1.807, 2.05) is 6.92 Å². The molecule has 0 bridgehead atoms. The van der Waals surface area contributed by atoms with Gasteiger partial charge in [-0.15, -0.1) is 0 Å². The van der Waals surface area contributed by atoms with Crippen molar-refractivity contribution >= 4 is 26.2 Å². The molecule has 0 aromatic heterocycles. The van der Waals surface area contributed by atoms with E-state index in [0.29, 0.717) is 6.61 Å². The number of unbranched alkanes of at least 4 members (excludes halogenated alkanes) is 1. The predicted molar refractivity (Wildman–Crippen MR) is 57.3 cm³/mol. The molecule has 0 heterocycles. The van der Waals surface area contributed by atoms with Crippen molar-refractivity contribution in [1.29, 1.82) is 0 Å². The van der Waals surface area contributed by atoms with Gasteiger partial charge in [-0.05, 0) is 0 Å². The Hall–Kier alpha value is 0.288. The van der Waals surface area contributed by atoms with Gasteiger partial charge in [-0.3, -0.25) is 0 Å². The Bertz CT molecular complexity index is 146. The Morgan fingerprint density at radius 1 is 1.46 bits per heavy atom. The number of esters is 1. The van der Waals surface area contributed by atoms with Crippen LogP contribution < -0.4 is 0 Å². The average Bonchev–Trinajstić information content (AvgIpc) is 2.03. The van der Waals surface area contributed by atoms with Crippen molar-refractivity contribution in [2.45, 2.75) is 40.8 Å². The summed E-state index contributed by atoms with van der Waals surface area (Å²) >= 11 is -1.01. The topological polar surface area (TPSA) is 26.3 Å². The Labute approximate surface area is 89.0 Å². The molecule has 13 heavy (non-hydrogen) atoms. The molecule has 0 rings (SSSR count). The van der Waals surface area contributed by atoms with Gasteiger partial charge in [0.15, 0.2) is 0 Å². The molecule has 0 aliphatic rings. The summed E-state index contributed by atoms with van der Waals surface area (Å²) in [6.45, 7) is 4.68. The molecule has 0 amide bonds. The van der Waals surface area contributed by atoms with Gasteiger partial charge in [-0.1, -0.05) is 0 Å². The summed E-state index contributed by atoms with van der Waals surface area (Å²) in [5.74, 6) is 0.140. The van der Waals surface area contributed by atoms with E-state index in [9.17, 15) is 4.79 Å². The molecule has 0 aromatic rings. The zero-order chi connectivity index (χ0) is 10.3. The second-order valence-corrected chi connectivity index (χ2v) is 10.9. The van der Waals surface area contributed by atoms with Crippen LogP contribution in [0, 0.1) is 5.92 Å². The Morgan fingerprint density at radius 2 is 2.08 bits per heavy atom. The van der Waals surface area contributed by atoms with E-state index >= 15 is 0 Å². The van der Waals surface area contributed by atoms with E-state index in [-0.39, 0.29) is 11.9 Å². The second-order valence-electron chi connectivity index (χ2n) is 3.68. The third-order valence-electron chi connectivity index (χ3n) is 1.78. The molecule has 78 valence electrons. The minimum absolute atomic E-state index is 0.00616. The zero-order valence-electron chi connectivity index (χ0n) is 9.17. The summed E-state index contributed by atoms with van der Waals surface area (Å²) in [5, 5.41) is 0. The van der Waals surface area contributed by atoms with E-state index in [2.05, 4.69) is 16.7 Å². The van der Waals surface area contributed by atoms with E-state index in [1.54, 1.807) is 0 Å². The molecule has 0 spiro atoms. The van der Waals surface area contributed by atoms with Crippen molar-refractivity contribution < 1.29 is 9.53 Å². The summed E-state index contributed by atoms with van der Waals surface area (Å²) in [7, 11) is 0. The summed E-state index contributed by atoms with van der Waals surface area (Å²) in [6.07, 6.45) is 2.07. The Kier molecular flexibility index (Phi) is 7.84. The molecule has 2 nitrogen and oxygen atoms in total. The molecule has 0 aliphatic heterocycles. The molecule has 1 atom stereocenters. The number of ether oxygens (including phenoxy) is 1. The van der Waals surface area contributed by atoms with Gasteiger partial charge in [0.25, 0.3) is 0 Å². The first-order valence-corrected chi connectivity index (χ1v) is 11.8. The van der Waals surface area contributed by atoms with Gasteiger partial charge in [0.05, 0.1) is 0 Å². The van der Waals surface area contributed by atoms with E-state index in [1.165, 1.54) is 0 Å². The molecule has 1 unspecified atom stereocenters. The van der Waals surface area contributed by atoms with Crippen molar-refractivity contribution in [3.63, 3.8) is 0 Å². The third-order valence-corrected chi connectivity index (χ3v) is 5.43. The molecule has 0 radical (unpaired) electrons. The SMILES string of the molecule is CCCCOC(=O)C(C)[CH2][Sb]([CH3])[CH3]. The molecular formula is C10H21O2Sb. The number of rotatable bonds is 6. The third kappa shape index (κ3) is 7.37. The van der Waals surface area contributed by atoms with Gasteiger partial charge in [0.1, 0.15) is 0 Å². The summed E-state index contributed by atoms with van der Waals surface area (Å²) in [5.41, 5.74) is 0. The van der Waals surface area contributed by atoms with Crippen molar-refractivity contribution in [2.75, 3.05) is 6.61 Å². The maximum absolute atomic E-state index is 11.4. The van der Waals surface area contributed by atoms with Crippen LogP contribution in [0.2, 0.25) is 14.1 Å². The minimum atomic E-state index is -1.01. The van der Waals surface area contributed by atoms with E-state index in [4.69, 9.17) is 4.74 Å². The van der Waals surface area contributed by atoms with Crippen LogP contribution in [-0.2, 0) is 9.53 Å². The summed E-state index contributed by atoms with van der Waals surface area (Å²) in [4.78, 5) is 16.0. The van der Waals surface area contributed by atoms with Crippen LogP contribution in [0.5, 0.6) is 0 Å². The Balaban J connectivity index is 3.57. The molecule has 0 saturated heterocycles. The molecule has 0 fully saturated rings. The molecule has 0 aromatic carbocycles. The first-order chi connectivity index (χ1) is 6.07. The maximum atomic E-state index is 11.4. The average molecular weight is 295 g/mol. The van der Waals surface area contributed by atoms with E-state index < -0.39 is 20.2 Å². The van der Waals surface area contributed by atoms with Crippen molar-refractivity contribution in [3.05, 3.63) is 0 Å². The van der Waals surface area contributed by atoms with Gasteiger partial charge in [0.2, 0.25) is 0 Å². The van der Waals surface area contributed by atoms with Crippen LogP contribution in [0.1, 0.15) is 26.7 Å². The standard InChI is InChI=1S/C8H15O2.2CH3.Sb/c1-4-5-6-10-8(9)7(2)3;;;/h7H,2,4-6H2,1,3H3;2*1H3;. The quantitative estimate of drug-likeness (QED) is 0.428. The van der Waals surface area contributed by atoms with Gasteiger partial charge in [0, 0.05) is 0 Å².